The molecule has 0 spiro atoms. The molecule has 4 nitrogen and oxygen atoms in total. The second-order valence-electron chi connectivity index (χ2n) is 6.66. The second-order valence-corrected chi connectivity index (χ2v) is 6.66. The molecular formula is C16H19F3N2O2. The van der Waals surface area contributed by atoms with Gasteiger partial charge in [-0.05, 0) is 5.56 Å². The highest BCUT2D eigenvalue weighted by molar-refractivity contribution is 5.94. The summed E-state index contributed by atoms with van der Waals surface area (Å²) in [5.41, 5.74) is -3.50. The highest BCUT2D eigenvalue weighted by Gasteiger charge is 2.57. The third-order valence-electron chi connectivity index (χ3n) is 3.95. The molecular weight excluding hydrogens is 309 g/mol. The molecule has 7 heteroatoms. The van der Waals surface area contributed by atoms with Gasteiger partial charge in [-0.15, -0.1) is 0 Å². The van der Waals surface area contributed by atoms with Crippen LogP contribution in [0.25, 0.3) is 0 Å². The lowest BCUT2D eigenvalue weighted by atomic mass is 9.80. The molecule has 0 saturated heterocycles. The van der Waals surface area contributed by atoms with Gasteiger partial charge in [-0.1, -0.05) is 51.1 Å². The van der Waals surface area contributed by atoms with Crippen LogP contribution in [0, 0.1) is 5.41 Å². The van der Waals surface area contributed by atoms with E-state index in [1.807, 2.05) is 0 Å². The number of hydrogen-bond acceptors (Lipinski definition) is 3. The minimum absolute atomic E-state index is 0.131. The fourth-order valence-corrected chi connectivity index (χ4v) is 2.39. The third-order valence-corrected chi connectivity index (χ3v) is 3.95. The molecule has 1 aromatic carbocycles. The lowest BCUT2D eigenvalue weighted by Gasteiger charge is -2.41. The zero-order chi connectivity index (χ0) is 17.5. The number of halogens is 3. The number of hydrogen-bond donors (Lipinski definition) is 1. The maximum Gasteiger partial charge on any atom is 0.431 e. The van der Waals surface area contributed by atoms with Gasteiger partial charge in [-0.25, -0.2) is 5.01 Å². The monoisotopic (exact) mass is 328 g/mol. The SMILES string of the molecule is CC(C)(C)[C@@]1(O)CC(C(F)(F)F)=NN1C(=O)Cc1ccccc1. The fraction of sp³-hybridized carbons (Fsp3) is 0.500. The number of carbonyl (C=O) groups excluding carboxylic acids is 1. The first-order chi connectivity index (χ1) is 10.4. The first kappa shape index (κ1) is 17.5. The van der Waals surface area contributed by atoms with Gasteiger partial charge >= 0.3 is 6.18 Å². The summed E-state index contributed by atoms with van der Waals surface area (Å²) in [6, 6.07) is 8.62. The Hall–Kier alpha value is -1.89. The molecule has 0 fully saturated rings. The molecule has 1 aliphatic rings. The smallest absolute Gasteiger partial charge is 0.368 e. The highest BCUT2D eigenvalue weighted by Crippen LogP contribution is 2.43. The van der Waals surface area contributed by atoms with E-state index in [1.54, 1.807) is 51.1 Å². The number of amides is 1. The first-order valence-electron chi connectivity index (χ1n) is 7.19. The van der Waals surface area contributed by atoms with Crippen molar-refractivity contribution in [2.45, 2.75) is 45.5 Å². The van der Waals surface area contributed by atoms with Crippen molar-refractivity contribution in [1.29, 1.82) is 0 Å². The number of alkyl halides is 3. The van der Waals surface area contributed by atoms with Crippen molar-refractivity contribution in [3.05, 3.63) is 35.9 Å². The van der Waals surface area contributed by atoms with Crippen molar-refractivity contribution in [1.82, 2.24) is 5.01 Å². The van der Waals surface area contributed by atoms with E-state index in [4.69, 9.17) is 0 Å². The maximum absolute atomic E-state index is 13.0. The van der Waals surface area contributed by atoms with Gasteiger partial charge < -0.3 is 5.11 Å². The van der Waals surface area contributed by atoms with Crippen LogP contribution < -0.4 is 0 Å². The molecule has 23 heavy (non-hydrogen) atoms. The minimum Gasteiger partial charge on any atom is -0.368 e. The minimum atomic E-state index is -4.68. The lowest BCUT2D eigenvalue weighted by molar-refractivity contribution is -0.181. The first-order valence-corrected chi connectivity index (χ1v) is 7.19. The van der Waals surface area contributed by atoms with E-state index in [0.717, 1.165) is 0 Å². The Morgan fingerprint density at radius 3 is 2.30 bits per heavy atom. The summed E-state index contributed by atoms with van der Waals surface area (Å²) in [7, 11) is 0. The van der Waals surface area contributed by atoms with E-state index in [1.165, 1.54) is 0 Å². The Kier molecular flexibility index (Phi) is 4.28. The van der Waals surface area contributed by atoms with Gasteiger partial charge in [0.05, 0.1) is 6.42 Å². The number of nitrogens with zero attached hydrogens (tertiary/aromatic N) is 2. The van der Waals surface area contributed by atoms with Crippen molar-refractivity contribution < 1.29 is 23.1 Å². The van der Waals surface area contributed by atoms with Gasteiger partial charge in [-0.2, -0.15) is 18.3 Å². The third kappa shape index (κ3) is 3.39. The van der Waals surface area contributed by atoms with Crippen molar-refractivity contribution in [3.8, 4) is 0 Å². The molecule has 2 rings (SSSR count). The summed E-state index contributed by atoms with van der Waals surface area (Å²) in [5, 5.41) is 14.8. The van der Waals surface area contributed by atoms with Gasteiger partial charge in [0.2, 0.25) is 5.91 Å². The molecule has 1 aromatic rings. The standard InChI is InChI=1S/C16H19F3N2O2/c1-14(2,3)15(23)10-12(16(17,18)19)20-21(15)13(22)9-11-7-5-4-6-8-11/h4-8,23H,9-10H2,1-3H3/t15-/m0/s1. The molecule has 0 aliphatic carbocycles. The van der Waals surface area contributed by atoms with Crippen molar-refractivity contribution in [3.63, 3.8) is 0 Å². The van der Waals surface area contributed by atoms with E-state index in [-0.39, 0.29) is 6.42 Å². The van der Waals surface area contributed by atoms with Crippen molar-refractivity contribution in [2.75, 3.05) is 0 Å². The van der Waals surface area contributed by atoms with Crippen LogP contribution in [0.15, 0.2) is 35.4 Å². The topological polar surface area (TPSA) is 52.9 Å². The number of benzene rings is 1. The molecule has 0 radical (unpaired) electrons. The van der Waals surface area contributed by atoms with Gasteiger partial charge in [0.25, 0.3) is 0 Å². The van der Waals surface area contributed by atoms with Crippen LogP contribution in [-0.4, -0.2) is 33.6 Å². The molecule has 0 bridgehead atoms. The highest BCUT2D eigenvalue weighted by atomic mass is 19.4. The zero-order valence-electron chi connectivity index (χ0n) is 13.2. The molecule has 1 heterocycles. The van der Waals surface area contributed by atoms with Crippen molar-refractivity contribution >= 4 is 11.6 Å². The Balaban J connectivity index is 2.34. The average Bonchev–Trinajstić information content (AvgIpc) is 2.79. The van der Waals surface area contributed by atoms with Crippen molar-refractivity contribution in [2.24, 2.45) is 10.5 Å². The van der Waals surface area contributed by atoms with Crippen LogP contribution in [0.4, 0.5) is 13.2 Å². The van der Waals surface area contributed by atoms with E-state index >= 15 is 0 Å². The molecule has 1 amide bonds. The van der Waals surface area contributed by atoms with Crippen LogP contribution in [0.5, 0.6) is 0 Å². The van der Waals surface area contributed by atoms with Gasteiger partial charge in [0.15, 0.2) is 5.72 Å². The molecule has 0 unspecified atom stereocenters. The Labute approximate surface area is 132 Å². The van der Waals surface area contributed by atoms with Crippen LogP contribution in [-0.2, 0) is 11.2 Å². The lowest BCUT2D eigenvalue weighted by Crippen LogP contribution is -2.55. The quantitative estimate of drug-likeness (QED) is 0.907. The van der Waals surface area contributed by atoms with E-state index in [9.17, 15) is 23.1 Å². The second kappa shape index (κ2) is 5.63. The normalized spacial score (nSPS) is 22.2. The summed E-state index contributed by atoms with van der Waals surface area (Å²) in [5.74, 6) is -0.673. The van der Waals surface area contributed by atoms with E-state index in [2.05, 4.69) is 5.10 Å². The molecule has 0 saturated carbocycles. The summed E-state index contributed by atoms with van der Waals surface area (Å²) in [6.07, 6.45) is -5.55. The molecule has 126 valence electrons. The summed E-state index contributed by atoms with van der Waals surface area (Å²) in [4.78, 5) is 12.4. The predicted molar refractivity (Wildman–Crippen MR) is 79.5 cm³/mol. The Morgan fingerprint density at radius 2 is 1.83 bits per heavy atom. The van der Waals surface area contributed by atoms with Gasteiger partial charge in [0.1, 0.15) is 5.71 Å². The van der Waals surface area contributed by atoms with Crippen LogP contribution in [0.3, 0.4) is 0 Å². The summed E-state index contributed by atoms with van der Waals surface area (Å²) >= 11 is 0. The van der Waals surface area contributed by atoms with Crippen LogP contribution in [0.2, 0.25) is 0 Å². The van der Waals surface area contributed by atoms with E-state index < -0.39 is 35.4 Å². The van der Waals surface area contributed by atoms with Gasteiger partial charge in [0, 0.05) is 11.8 Å². The fourth-order valence-electron chi connectivity index (χ4n) is 2.39. The average molecular weight is 328 g/mol. The van der Waals surface area contributed by atoms with Gasteiger partial charge in [-0.3, -0.25) is 4.79 Å². The number of rotatable bonds is 2. The zero-order valence-corrected chi connectivity index (χ0v) is 13.2. The predicted octanol–water partition coefficient (Wildman–Crippen LogP) is 3.11. The molecule has 1 atom stereocenters. The molecule has 1 aliphatic heterocycles. The number of aliphatic hydroxyl groups is 1. The summed E-state index contributed by atoms with van der Waals surface area (Å²) < 4.78 is 38.9. The number of carbonyl (C=O) groups is 1. The van der Waals surface area contributed by atoms with E-state index in [0.29, 0.717) is 10.6 Å². The maximum atomic E-state index is 13.0. The largest absolute Gasteiger partial charge is 0.431 e. The van der Waals surface area contributed by atoms with Crippen LogP contribution >= 0.6 is 0 Å². The summed E-state index contributed by atoms with van der Waals surface area (Å²) in [6.45, 7) is 4.72. The molecule has 0 aromatic heterocycles. The number of hydrazone groups is 1. The van der Waals surface area contributed by atoms with Crippen LogP contribution in [0.1, 0.15) is 32.8 Å². The Bertz CT molecular complexity index is 620. The Morgan fingerprint density at radius 1 is 1.26 bits per heavy atom. The molecule has 1 N–H and O–H groups in total.